The Morgan fingerprint density at radius 3 is 2.08 bits per heavy atom. The number of benzene rings is 2. The first-order chi connectivity index (χ1) is 11.3. The molecule has 4 rings (SSSR count). The average molecular weight is 343 g/mol. The number of rotatable bonds is 4. The van der Waals surface area contributed by atoms with E-state index in [-0.39, 0.29) is 18.3 Å². The number of nitrogens with two attached hydrogens (primary N) is 1. The minimum atomic E-state index is 0. The number of carbonyl (C=O) groups excluding carboxylic acids is 1. The highest BCUT2D eigenvalue weighted by Crippen LogP contribution is 2.30. The molecule has 2 aliphatic heterocycles. The van der Waals surface area contributed by atoms with Crippen molar-refractivity contribution in [3.8, 4) is 0 Å². The summed E-state index contributed by atoms with van der Waals surface area (Å²) in [6, 6.07) is 21.9. The first-order valence-corrected chi connectivity index (χ1v) is 8.54. The highest BCUT2D eigenvalue weighted by molar-refractivity contribution is 5.78. The van der Waals surface area contributed by atoms with E-state index in [1.54, 1.807) is 0 Å². The summed E-state index contributed by atoms with van der Waals surface area (Å²) in [7, 11) is 0. The predicted octanol–water partition coefficient (Wildman–Crippen LogP) is -1.24. The van der Waals surface area contributed by atoms with Gasteiger partial charge in [-0.15, -0.1) is 0 Å². The van der Waals surface area contributed by atoms with Crippen LogP contribution >= 0.6 is 0 Å². The average Bonchev–Trinajstić information content (AvgIpc) is 3.24. The normalized spacial score (nSPS) is 21.8. The molecule has 2 saturated heterocycles. The van der Waals surface area contributed by atoms with Gasteiger partial charge in [-0.3, -0.25) is 4.79 Å². The van der Waals surface area contributed by atoms with E-state index in [1.807, 2.05) is 12.1 Å². The Bertz CT molecular complexity index is 637. The molecular formula is C20H23ClN2O. The fourth-order valence-corrected chi connectivity index (χ4v) is 4.09. The molecule has 0 saturated carbocycles. The number of piperazine rings is 1. The molecule has 126 valence electrons. The van der Waals surface area contributed by atoms with Gasteiger partial charge in [-0.25, -0.2) is 0 Å². The quantitative estimate of drug-likeness (QED) is 0.741. The van der Waals surface area contributed by atoms with Gasteiger partial charge in [-0.2, -0.15) is 0 Å². The third-order valence-electron chi connectivity index (χ3n) is 5.29. The van der Waals surface area contributed by atoms with Crippen LogP contribution in [0.5, 0.6) is 0 Å². The molecular weight excluding hydrogens is 320 g/mol. The summed E-state index contributed by atoms with van der Waals surface area (Å²) in [5.41, 5.74) is 2.45. The zero-order valence-corrected chi connectivity index (χ0v) is 14.4. The minimum absolute atomic E-state index is 0. The van der Waals surface area contributed by atoms with E-state index in [0.717, 1.165) is 13.1 Å². The van der Waals surface area contributed by atoms with E-state index < -0.39 is 0 Å². The van der Waals surface area contributed by atoms with Crippen LogP contribution < -0.4 is 17.7 Å². The molecule has 2 aliphatic rings. The summed E-state index contributed by atoms with van der Waals surface area (Å²) in [6.45, 7) is 2.01. The van der Waals surface area contributed by atoms with Crippen molar-refractivity contribution in [3.63, 3.8) is 0 Å². The SMILES string of the molecule is O=C(CC(c1ccccc1)c1ccccc1)N1C[C@H]2C[C@@H]1C[NH2+]2.[Cl-]. The molecule has 0 radical (unpaired) electrons. The van der Waals surface area contributed by atoms with Crippen LogP contribution in [0.25, 0.3) is 0 Å². The number of hydrogen-bond acceptors (Lipinski definition) is 1. The van der Waals surface area contributed by atoms with E-state index in [4.69, 9.17) is 0 Å². The largest absolute Gasteiger partial charge is 1.00 e. The molecule has 24 heavy (non-hydrogen) atoms. The molecule has 2 heterocycles. The van der Waals surface area contributed by atoms with Crippen molar-refractivity contribution in [1.82, 2.24) is 4.90 Å². The van der Waals surface area contributed by atoms with Crippen molar-refractivity contribution >= 4 is 5.91 Å². The topological polar surface area (TPSA) is 36.9 Å². The van der Waals surface area contributed by atoms with Crippen LogP contribution in [0.3, 0.4) is 0 Å². The van der Waals surface area contributed by atoms with Crippen LogP contribution in [0.2, 0.25) is 0 Å². The van der Waals surface area contributed by atoms with Gasteiger partial charge < -0.3 is 22.6 Å². The van der Waals surface area contributed by atoms with Crippen molar-refractivity contribution in [2.24, 2.45) is 0 Å². The molecule has 0 aromatic heterocycles. The number of hydrogen-bond donors (Lipinski definition) is 1. The Morgan fingerprint density at radius 1 is 1.04 bits per heavy atom. The van der Waals surface area contributed by atoms with Crippen molar-refractivity contribution < 1.29 is 22.5 Å². The van der Waals surface area contributed by atoms with Gasteiger partial charge in [0.2, 0.25) is 5.91 Å². The number of quaternary nitrogens is 1. The molecule has 2 fully saturated rings. The summed E-state index contributed by atoms with van der Waals surface area (Å²) >= 11 is 0. The van der Waals surface area contributed by atoms with Gasteiger partial charge in [0.1, 0.15) is 6.04 Å². The lowest BCUT2D eigenvalue weighted by Gasteiger charge is -2.27. The van der Waals surface area contributed by atoms with Gasteiger partial charge in [0.05, 0.1) is 19.1 Å². The zero-order chi connectivity index (χ0) is 15.6. The molecule has 0 spiro atoms. The van der Waals surface area contributed by atoms with Crippen LogP contribution in [-0.2, 0) is 4.79 Å². The second kappa shape index (κ2) is 7.37. The monoisotopic (exact) mass is 342 g/mol. The van der Waals surface area contributed by atoms with Crippen LogP contribution in [-0.4, -0.2) is 36.0 Å². The van der Waals surface area contributed by atoms with E-state index >= 15 is 0 Å². The number of nitrogens with zero attached hydrogens (tertiary/aromatic N) is 1. The number of fused-ring (bicyclic) bond motifs is 2. The number of carbonyl (C=O) groups is 1. The van der Waals surface area contributed by atoms with Gasteiger partial charge in [-0.1, -0.05) is 60.7 Å². The lowest BCUT2D eigenvalue weighted by molar-refractivity contribution is -0.677. The summed E-state index contributed by atoms with van der Waals surface area (Å²) < 4.78 is 0. The van der Waals surface area contributed by atoms with Crippen molar-refractivity contribution in [3.05, 3.63) is 71.8 Å². The van der Waals surface area contributed by atoms with Gasteiger partial charge in [0, 0.05) is 18.8 Å². The van der Waals surface area contributed by atoms with Crippen molar-refractivity contribution in [1.29, 1.82) is 0 Å². The maximum Gasteiger partial charge on any atom is 0.224 e. The zero-order valence-electron chi connectivity index (χ0n) is 13.6. The fraction of sp³-hybridized carbons (Fsp3) is 0.350. The number of amides is 1. The summed E-state index contributed by atoms with van der Waals surface area (Å²) in [5, 5.41) is 2.39. The second-order valence-electron chi connectivity index (χ2n) is 6.75. The third kappa shape index (κ3) is 3.33. The summed E-state index contributed by atoms with van der Waals surface area (Å²) in [6.07, 6.45) is 1.74. The Labute approximate surface area is 149 Å². The maximum absolute atomic E-state index is 12.9. The van der Waals surface area contributed by atoms with Crippen LogP contribution in [0, 0.1) is 0 Å². The molecule has 0 aliphatic carbocycles. The molecule has 2 aromatic rings. The summed E-state index contributed by atoms with van der Waals surface area (Å²) in [4.78, 5) is 15.0. The van der Waals surface area contributed by atoms with Gasteiger partial charge in [0.15, 0.2) is 0 Å². The first kappa shape index (κ1) is 17.0. The smallest absolute Gasteiger partial charge is 0.224 e. The molecule has 1 amide bonds. The third-order valence-corrected chi connectivity index (χ3v) is 5.29. The first-order valence-electron chi connectivity index (χ1n) is 8.54. The van der Waals surface area contributed by atoms with Gasteiger partial charge in [0.25, 0.3) is 0 Å². The van der Waals surface area contributed by atoms with Gasteiger partial charge in [-0.05, 0) is 11.1 Å². The maximum atomic E-state index is 12.9. The molecule has 0 unspecified atom stereocenters. The standard InChI is InChI=1S/C20H22N2O.ClH/c23-20(22-14-17-11-18(22)13-21-17)12-19(15-7-3-1-4-8-15)16-9-5-2-6-10-16;/h1-10,17-19,21H,11-14H2;1H/t17-,18-;/m1./s1. The Balaban J connectivity index is 0.00000169. The Kier molecular flexibility index (Phi) is 5.22. The lowest BCUT2D eigenvalue weighted by Crippen LogP contribution is -3.00. The van der Waals surface area contributed by atoms with Crippen molar-refractivity contribution in [2.75, 3.05) is 13.1 Å². The van der Waals surface area contributed by atoms with E-state index in [2.05, 4.69) is 58.7 Å². The Morgan fingerprint density at radius 2 is 1.62 bits per heavy atom. The van der Waals surface area contributed by atoms with E-state index in [9.17, 15) is 4.79 Å². The number of halogens is 1. The minimum Gasteiger partial charge on any atom is -1.00 e. The molecule has 4 heteroatoms. The molecule has 2 bridgehead atoms. The molecule has 3 nitrogen and oxygen atoms in total. The highest BCUT2D eigenvalue weighted by atomic mass is 35.5. The van der Waals surface area contributed by atoms with Gasteiger partial charge >= 0.3 is 0 Å². The predicted molar refractivity (Wildman–Crippen MR) is 90.0 cm³/mol. The Hall–Kier alpha value is -1.84. The van der Waals surface area contributed by atoms with E-state index in [0.29, 0.717) is 24.4 Å². The lowest BCUT2D eigenvalue weighted by atomic mass is 9.88. The van der Waals surface area contributed by atoms with Crippen LogP contribution in [0.15, 0.2) is 60.7 Å². The molecule has 2 aromatic carbocycles. The van der Waals surface area contributed by atoms with Crippen molar-refractivity contribution in [2.45, 2.75) is 30.8 Å². The van der Waals surface area contributed by atoms with Crippen LogP contribution in [0.4, 0.5) is 0 Å². The highest BCUT2D eigenvalue weighted by Gasteiger charge is 2.43. The second-order valence-corrected chi connectivity index (χ2v) is 6.75. The molecule has 2 N–H and O–H groups in total. The molecule has 2 atom stereocenters. The fourth-order valence-electron chi connectivity index (χ4n) is 4.09. The summed E-state index contributed by atoms with van der Waals surface area (Å²) in [5.74, 6) is 0.455. The van der Waals surface area contributed by atoms with E-state index in [1.165, 1.54) is 17.5 Å². The number of likely N-dealkylation sites (tertiary alicyclic amines) is 1. The van der Waals surface area contributed by atoms with Crippen LogP contribution in [0.1, 0.15) is 29.9 Å².